The number of hydrazone groups is 1. The van der Waals surface area contributed by atoms with E-state index in [0.29, 0.717) is 17.9 Å². The van der Waals surface area contributed by atoms with Crippen molar-refractivity contribution in [1.29, 1.82) is 0 Å². The van der Waals surface area contributed by atoms with Crippen LogP contribution in [0.2, 0.25) is 0 Å². The zero-order valence-corrected chi connectivity index (χ0v) is 11.2. The summed E-state index contributed by atoms with van der Waals surface area (Å²) in [5.41, 5.74) is 3.02. The molecule has 2 N–H and O–H groups in total. The number of aliphatic imine (C=N–C) groups is 1. The Hall–Kier alpha value is -2.37. The predicted molar refractivity (Wildman–Crippen MR) is 76.5 cm³/mol. The third-order valence-electron chi connectivity index (χ3n) is 3.05. The summed E-state index contributed by atoms with van der Waals surface area (Å²) in [7, 11) is 1.50. The van der Waals surface area contributed by atoms with E-state index in [0.717, 1.165) is 12.8 Å². The number of benzene rings is 1. The maximum absolute atomic E-state index is 11.3. The van der Waals surface area contributed by atoms with Crippen molar-refractivity contribution < 1.29 is 14.6 Å². The van der Waals surface area contributed by atoms with Gasteiger partial charge in [-0.25, -0.2) is 5.43 Å². The molecule has 1 heterocycles. The van der Waals surface area contributed by atoms with E-state index in [2.05, 4.69) is 15.5 Å². The molecule has 0 saturated carbocycles. The Kier molecular flexibility index (Phi) is 4.70. The molecule has 0 radical (unpaired) electrons. The van der Waals surface area contributed by atoms with Crippen LogP contribution < -0.4 is 10.2 Å². The van der Waals surface area contributed by atoms with Gasteiger partial charge in [0, 0.05) is 24.5 Å². The highest BCUT2D eigenvalue weighted by molar-refractivity contribution is 5.97. The molecular formula is C14H17N3O3. The molecule has 0 unspecified atom stereocenters. The zero-order chi connectivity index (χ0) is 14.4. The number of nitrogens with zero attached hydrogens (tertiary/aromatic N) is 2. The highest BCUT2D eigenvalue weighted by Gasteiger charge is 2.19. The first-order chi connectivity index (χ1) is 9.72. The van der Waals surface area contributed by atoms with Gasteiger partial charge in [0.25, 0.3) is 0 Å². The topological polar surface area (TPSA) is 83.3 Å². The number of rotatable bonds is 6. The first-order valence-corrected chi connectivity index (χ1v) is 6.41. The number of phenols is 1. The number of ether oxygens (including phenoxy) is 1. The van der Waals surface area contributed by atoms with Gasteiger partial charge >= 0.3 is 0 Å². The average molecular weight is 275 g/mol. The molecule has 106 valence electrons. The molecule has 1 atom stereocenters. The minimum atomic E-state index is -0.143. The lowest BCUT2D eigenvalue weighted by atomic mass is 10.1. The van der Waals surface area contributed by atoms with Gasteiger partial charge in [-0.2, -0.15) is 5.10 Å². The maximum atomic E-state index is 11.3. The fourth-order valence-corrected chi connectivity index (χ4v) is 1.92. The first kappa shape index (κ1) is 14.0. The zero-order valence-electron chi connectivity index (χ0n) is 11.2. The Labute approximate surface area is 117 Å². The fourth-order valence-electron chi connectivity index (χ4n) is 1.92. The standard InChI is InChI=1S/C14H17N3O3/c1-20-12-6-2-4-10(13(12)18)8-15-7-3-5-11-9-16-17-14(11)19/h2,4,6,8-9,11,18H,3,5,7H2,1H3,(H,17,19)/t11-/m1/s1. The van der Waals surface area contributed by atoms with Crippen LogP contribution in [0.4, 0.5) is 0 Å². The number of para-hydroxylation sites is 1. The molecule has 1 amide bonds. The highest BCUT2D eigenvalue weighted by Crippen LogP contribution is 2.27. The number of aromatic hydroxyl groups is 1. The van der Waals surface area contributed by atoms with Crippen molar-refractivity contribution in [3.8, 4) is 11.5 Å². The van der Waals surface area contributed by atoms with Crippen LogP contribution in [0.15, 0.2) is 28.3 Å². The monoisotopic (exact) mass is 275 g/mol. The molecule has 0 saturated heterocycles. The number of amides is 1. The Morgan fingerprint density at radius 3 is 3.10 bits per heavy atom. The molecule has 1 aromatic carbocycles. The molecule has 0 spiro atoms. The van der Waals surface area contributed by atoms with Gasteiger partial charge in [0.15, 0.2) is 11.5 Å². The molecule has 6 nitrogen and oxygen atoms in total. The number of phenolic OH excluding ortho intramolecular Hbond substituents is 1. The van der Waals surface area contributed by atoms with Crippen molar-refractivity contribution in [2.75, 3.05) is 13.7 Å². The van der Waals surface area contributed by atoms with Gasteiger partial charge in [0.1, 0.15) is 0 Å². The van der Waals surface area contributed by atoms with Crippen molar-refractivity contribution in [2.24, 2.45) is 16.0 Å². The second-order valence-electron chi connectivity index (χ2n) is 4.44. The van der Waals surface area contributed by atoms with Crippen LogP contribution in [0, 0.1) is 5.92 Å². The smallest absolute Gasteiger partial charge is 0.248 e. The van der Waals surface area contributed by atoms with Crippen molar-refractivity contribution in [3.05, 3.63) is 23.8 Å². The van der Waals surface area contributed by atoms with E-state index < -0.39 is 0 Å². The number of carbonyl (C=O) groups excluding carboxylic acids is 1. The lowest BCUT2D eigenvalue weighted by Gasteiger charge is -2.05. The van der Waals surface area contributed by atoms with E-state index in [-0.39, 0.29) is 17.6 Å². The minimum absolute atomic E-state index is 0.0561. The maximum Gasteiger partial charge on any atom is 0.248 e. The average Bonchev–Trinajstić information content (AvgIpc) is 2.86. The summed E-state index contributed by atoms with van der Waals surface area (Å²) in [5, 5.41) is 13.6. The Balaban J connectivity index is 1.82. The van der Waals surface area contributed by atoms with Crippen LogP contribution in [0.5, 0.6) is 11.5 Å². The third-order valence-corrected chi connectivity index (χ3v) is 3.05. The van der Waals surface area contributed by atoms with E-state index in [1.54, 1.807) is 30.6 Å². The summed E-state index contributed by atoms with van der Waals surface area (Å²) in [6.45, 7) is 0.592. The molecular weight excluding hydrogens is 258 g/mol. The van der Waals surface area contributed by atoms with Crippen molar-refractivity contribution in [2.45, 2.75) is 12.8 Å². The van der Waals surface area contributed by atoms with Gasteiger partial charge in [0.2, 0.25) is 5.91 Å². The normalized spacial score (nSPS) is 17.6. The molecule has 6 heteroatoms. The van der Waals surface area contributed by atoms with Gasteiger partial charge in [-0.3, -0.25) is 9.79 Å². The van der Waals surface area contributed by atoms with Crippen LogP contribution in [0.1, 0.15) is 18.4 Å². The molecule has 0 bridgehead atoms. The lowest BCUT2D eigenvalue weighted by molar-refractivity contribution is -0.122. The largest absolute Gasteiger partial charge is 0.504 e. The molecule has 20 heavy (non-hydrogen) atoms. The number of carbonyl (C=O) groups is 1. The van der Waals surface area contributed by atoms with Gasteiger partial charge in [-0.1, -0.05) is 6.07 Å². The number of hydrogen-bond donors (Lipinski definition) is 2. The van der Waals surface area contributed by atoms with E-state index in [1.807, 2.05) is 0 Å². The Morgan fingerprint density at radius 1 is 1.55 bits per heavy atom. The van der Waals surface area contributed by atoms with Crippen LogP contribution in [0.25, 0.3) is 0 Å². The summed E-state index contributed by atoms with van der Waals surface area (Å²) in [5.74, 6) is 0.309. The molecule has 1 aromatic rings. The van der Waals surface area contributed by atoms with Gasteiger partial charge in [0.05, 0.1) is 13.0 Å². The summed E-state index contributed by atoms with van der Waals surface area (Å²) < 4.78 is 5.02. The van der Waals surface area contributed by atoms with Crippen molar-refractivity contribution in [3.63, 3.8) is 0 Å². The number of nitrogens with one attached hydrogen (secondary N) is 1. The second kappa shape index (κ2) is 6.70. The SMILES string of the molecule is COc1cccc(C=NCCC[C@@H]2C=NNC2=O)c1O. The molecule has 0 aromatic heterocycles. The van der Waals surface area contributed by atoms with Crippen LogP contribution in [0.3, 0.4) is 0 Å². The molecule has 0 fully saturated rings. The predicted octanol–water partition coefficient (Wildman–Crippen LogP) is 1.33. The molecule has 1 aliphatic rings. The summed E-state index contributed by atoms with van der Waals surface area (Å²) in [4.78, 5) is 15.5. The lowest BCUT2D eigenvalue weighted by Crippen LogP contribution is -2.19. The molecule has 0 aliphatic carbocycles. The van der Waals surface area contributed by atoms with E-state index in [4.69, 9.17) is 4.74 Å². The number of methoxy groups -OCH3 is 1. The number of hydrogen-bond acceptors (Lipinski definition) is 5. The van der Waals surface area contributed by atoms with Gasteiger partial charge < -0.3 is 9.84 Å². The summed E-state index contributed by atoms with van der Waals surface area (Å²) in [6, 6.07) is 5.24. The fraction of sp³-hybridized carbons (Fsp3) is 0.357. The molecule has 1 aliphatic heterocycles. The van der Waals surface area contributed by atoms with E-state index in [9.17, 15) is 9.90 Å². The molecule has 2 rings (SSSR count). The van der Waals surface area contributed by atoms with E-state index >= 15 is 0 Å². The quantitative estimate of drug-likeness (QED) is 0.607. The van der Waals surface area contributed by atoms with Gasteiger partial charge in [-0.05, 0) is 25.0 Å². The van der Waals surface area contributed by atoms with Crippen LogP contribution >= 0.6 is 0 Å². The highest BCUT2D eigenvalue weighted by atomic mass is 16.5. The second-order valence-corrected chi connectivity index (χ2v) is 4.44. The van der Waals surface area contributed by atoms with E-state index in [1.165, 1.54) is 7.11 Å². The first-order valence-electron chi connectivity index (χ1n) is 6.41. The van der Waals surface area contributed by atoms with Gasteiger partial charge in [-0.15, -0.1) is 0 Å². The third kappa shape index (κ3) is 3.34. The Morgan fingerprint density at radius 2 is 2.40 bits per heavy atom. The van der Waals surface area contributed by atoms with Crippen LogP contribution in [-0.4, -0.2) is 37.1 Å². The minimum Gasteiger partial charge on any atom is -0.504 e. The van der Waals surface area contributed by atoms with Crippen molar-refractivity contribution >= 4 is 18.3 Å². The summed E-state index contributed by atoms with van der Waals surface area (Å²) in [6.07, 6.45) is 4.74. The Bertz CT molecular complexity index is 540. The summed E-state index contributed by atoms with van der Waals surface area (Å²) >= 11 is 0. The van der Waals surface area contributed by atoms with Crippen molar-refractivity contribution in [1.82, 2.24) is 5.43 Å². The van der Waals surface area contributed by atoms with Crippen LogP contribution in [-0.2, 0) is 4.79 Å².